The topological polar surface area (TPSA) is 47.6 Å². The Labute approximate surface area is 97.7 Å². The number of morpholine rings is 1. The van der Waals surface area contributed by atoms with E-state index >= 15 is 0 Å². The molecule has 4 nitrogen and oxygen atoms in total. The number of carbonyl (C=O) groups is 1. The van der Waals surface area contributed by atoms with Gasteiger partial charge in [0.2, 0.25) is 0 Å². The van der Waals surface area contributed by atoms with Crippen molar-refractivity contribution in [3.8, 4) is 0 Å². The molecule has 1 heterocycles. The molecule has 0 aromatic heterocycles. The van der Waals surface area contributed by atoms with Gasteiger partial charge in [-0.3, -0.25) is 4.79 Å². The lowest BCUT2D eigenvalue weighted by Crippen LogP contribution is -2.53. The number of hydrogen-bond acceptors (Lipinski definition) is 4. The minimum atomic E-state index is -0.418. The number of nitrogens with one attached hydrogen (secondary N) is 1. The molecule has 0 amide bonds. The van der Waals surface area contributed by atoms with Gasteiger partial charge in [0.15, 0.2) is 0 Å². The summed E-state index contributed by atoms with van der Waals surface area (Å²) < 4.78 is 10.9. The Morgan fingerprint density at radius 2 is 2.12 bits per heavy atom. The standard InChI is InChI=1S/C12H23NO3/c1-11(2,3)16-10(14)6-9-7-13-12(4,5)8-15-9/h9,13H,6-8H2,1-5H3. The van der Waals surface area contributed by atoms with Crippen LogP contribution in [0.25, 0.3) is 0 Å². The van der Waals surface area contributed by atoms with Gasteiger partial charge in [-0.25, -0.2) is 0 Å². The minimum Gasteiger partial charge on any atom is -0.460 e. The minimum absolute atomic E-state index is 0.00440. The Bertz CT molecular complexity index is 245. The molecule has 0 radical (unpaired) electrons. The summed E-state index contributed by atoms with van der Waals surface area (Å²) in [7, 11) is 0. The van der Waals surface area contributed by atoms with Crippen molar-refractivity contribution in [3.63, 3.8) is 0 Å². The maximum Gasteiger partial charge on any atom is 0.308 e. The van der Waals surface area contributed by atoms with Crippen LogP contribution in [0.5, 0.6) is 0 Å². The molecular formula is C12H23NO3. The lowest BCUT2D eigenvalue weighted by molar-refractivity contribution is -0.159. The van der Waals surface area contributed by atoms with E-state index in [2.05, 4.69) is 19.2 Å². The fourth-order valence-corrected chi connectivity index (χ4v) is 1.53. The summed E-state index contributed by atoms with van der Waals surface area (Å²) in [6.07, 6.45) is 0.253. The number of ether oxygens (including phenoxy) is 2. The van der Waals surface area contributed by atoms with Gasteiger partial charge in [0.05, 0.1) is 19.1 Å². The van der Waals surface area contributed by atoms with Gasteiger partial charge in [0, 0.05) is 12.1 Å². The monoisotopic (exact) mass is 229 g/mol. The predicted octanol–water partition coefficient (Wildman–Crippen LogP) is 1.49. The zero-order chi connectivity index (χ0) is 12.4. The summed E-state index contributed by atoms with van der Waals surface area (Å²) in [5.41, 5.74) is -0.414. The van der Waals surface area contributed by atoms with Crippen LogP contribution in [-0.4, -0.2) is 36.4 Å². The van der Waals surface area contributed by atoms with Crippen LogP contribution in [-0.2, 0) is 14.3 Å². The van der Waals surface area contributed by atoms with Gasteiger partial charge in [-0.1, -0.05) is 0 Å². The molecule has 1 N–H and O–H groups in total. The van der Waals surface area contributed by atoms with Crippen LogP contribution in [0.15, 0.2) is 0 Å². The zero-order valence-electron chi connectivity index (χ0n) is 10.9. The van der Waals surface area contributed by atoms with Gasteiger partial charge in [0.25, 0.3) is 0 Å². The Morgan fingerprint density at radius 1 is 1.50 bits per heavy atom. The molecule has 1 aliphatic heterocycles. The second-order valence-corrected chi connectivity index (χ2v) is 5.99. The highest BCUT2D eigenvalue weighted by Crippen LogP contribution is 2.15. The summed E-state index contributed by atoms with van der Waals surface area (Å²) in [5.74, 6) is -0.195. The zero-order valence-corrected chi connectivity index (χ0v) is 10.9. The highest BCUT2D eigenvalue weighted by Gasteiger charge is 2.29. The molecule has 0 aliphatic carbocycles. The lowest BCUT2D eigenvalue weighted by Gasteiger charge is -2.35. The van der Waals surface area contributed by atoms with Crippen LogP contribution in [0.4, 0.5) is 0 Å². The lowest BCUT2D eigenvalue weighted by atomic mass is 10.0. The molecule has 4 heteroatoms. The Balaban J connectivity index is 2.32. The average Bonchev–Trinajstić information content (AvgIpc) is 2.05. The third-order valence-corrected chi connectivity index (χ3v) is 2.30. The van der Waals surface area contributed by atoms with E-state index < -0.39 is 5.60 Å². The van der Waals surface area contributed by atoms with Crippen molar-refractivity contribution < 1.29 is 14.3 Å². The molecule has 0 saturated carbocycles. The van der Waals surface area contributed by atoms with Gasteiger partial charge < -0.3 is 14.8 Å². The van der Waals surface area contributed by atoms with Crippen molar-refractivity contribution in [3.05, 3.63) is 0 Å². The number of carbonyl (C=O) groups excluding carboxylic acids is 1. The predicted molar refractivity (Wildman–Crippen MR) is 62.3 cm³/mol. The number of rotatable bonds is 2. The second-order valence-electron chi connectivity index (χ2n) is 5.99. The van der Waals surface area contributed by atoms with Gasteiger partial charge in [-0.05, 0) is 34.6 Å². The molecule has 0 bridgehead atoms. The number of hydrogen-bond donors (Lipinski definition) is 1. The van der Waals surface area contributed by atoms with E-state index in [0.29, 0.717) is 19.6 Å². The van der Waals surface area contributed by atoms with Crippen LogP contribution in [0.2, 0.25) is 0 Å². The molecule has 94 valence electrons. The van der Waals surface area contributed by atoms with Gasteiger partial charge in [-0.15, -0.1) is 0 Å². The molecule has 0 aromatic rings. The molecule has 1 fully saturated rings. The first kappa shape index (κ1) is 13.5. The second kappa shape index (κ2) is 4.72. The summed E-state index contributed by atoms with van der Waals surface area (Å²) in [6, 6.07) is 0. The average molecular weight is 229 g/mol. The van der Waals surface area contributed by atoms with E-state index in [1.54, 1.807) is 0 Å². The van der Waals surface area contributed by atoms with Crippen molar-refractivity contribution in [2.75, 3.05) is 13.2 Å². The first-order valence-electron chi connectivity index (χ1n) is 5.76. The van der Waals surface area contributed by atoms with Crippen molar-refractivity contribution in [2.45, 2.75) is 58.3 Å². The van der Waals surface area contributed by atoms with E-state index in [0.717, 1.165) is 0 Å². The van der Waals surface area contributed by atoms with Crippen LogP contribution < -0.4 is 5.32 Å². The maximum atomic E-state index is 11.6. The Morgan fingerprint density at radius 3 is 2.56 bits per heavy atom. The highest BCUT2D eigenvalue weighted by molar-refractivity contribution is 5.70. The van der Waals surface area contributed by atoms with Crippen molar-refractivity contribution in [1.29, 1.82) is 0 Å². The smallest absolute Gasteiger partial charge is 0.308 e. The normalized spacial score (nSPS) is 25.2. The van der Waals surface area contributed by atoms with E-state index in [1.807, 2.05) is 20.8 Å². The third-order valence-electron chi connectivity index (χ3n) is 2.30. The number of esters is 1. The van der Waals surface area contributed by atoms with Crippen molar-refractivity contribution in [1.82, 2.24) is 5.32 Å². The first-order valence-corrected chi connectivity index (χ1v) is 5.76. The summed E-state index contributed by atoms with van der Waals surface area (Å²) in [4.78, 5) is 11.6. The third kappa shape index (κ3) is 4.94. The maximum absolute atomic E-state index is 11.6. The van der Waals surface area contributed by atoms with Crippen LogP contribution in [0.1, 0.15) is 41.0 Å². The quantitative estimate of drug-likeness (QED) is 0.729. The molecule has 1 unspecified atom stereocenters. The SMILES string of the molecule is CC1(C)COC(CC(=O)OC(C)(C)C)CN1. The van der Waals surface area contributed by atoms with Gasteiger partial charge in [0.1, 0.15) is 5.60 Å². The van der Waals surface area contributed by atoms with E-state index in [4.69, 9.17) is 9.47 Å². The first-order chi connectivity index (χ1) is 7.18. The molecule has 0 aromatic carbocycles. The Kier molecular flexibility index (Phi) is 3.97. The van der Waals surface area contributed by atoms with Crippen LogP contribution in [0, 0.1) is 0 Å². The fraction of sp³-hybridized carbons (Fsp3) is 0.917. The summed E-state index contributed by atoms with van der Waals surface area (Å²) in [6.45, 7) is 11.1. The molecule has 1 rings (SSSR count). The summed E-state index contributed by atoms with van der Waals surface area (Å²) >= 11 is 0. The molecule has 1 atom stereocenters. The molecule has 1 aliphatic rings. The van der Waals surface area contributed by atoms with Crippen molar-refractivity contribution in [2.24, 2.45) is 0 Å². The van der Waals surface area contributed by atoms with Crippen molar-refractivity contribution >= 4 is 5.97 Å². The van der Waals surface area contributed by atoms with Gasteiger partial charge >= 0.3 is 5.97 Å². The van der Waals surface area contributed by atoms with Crippen LogP contribution >= 0.6 is 0 Å². The van der Waals surface area contributed by atoms with E-state index in [-0.39, 0.29) is 17.6 Å². The summed E-state index contributed by atoms with van der Waals surface area (Å²) in [5, 5.41) is 3.34. The molecule has 1 saturated heterocycles. The van der Waals surface area contributed by atoms with Gasteiger partial charge in [-0.2, -0.15) is 0 Å². The highest BCUT2D eigenvalue weighted by atomic mass is 16.6. The molecule has 16 heavy (non-hydrogen) atoms. The Hall–Kier alpha value is -0.610. The largest absolute Gasteiger partial charge is 0.460 e. The molecular weight excluding hydrogens is 206 g/mol. The van der Waals surface area contributed by atoms with E-state index in [9.17, 15) is 4.79 Å². The van der Waals surface area contributed by atoms with E-state index in [1.165, 1.54) is 0 Å². The fourth-order valence-electron chi connectivity index (χ4n) is 1.53. The van der Waals surface area contributed by atoms with Crippen LogP contribution in [0.3, 0.4) is 0 Å². The molecule has 0 spiro atoms.